The smallest absolute Gasteiger partial charge is 0.317 e. The van der Waals surface area contributed by atoms with Crippen LogP contribution in [-0.4, -0.2) is 72.7 Å². The summed E-state index contributed by atoms with van der Waals surface area (Å²) in [4.78, 5) is 26.7. The van der Waals surface area contributed by atoms with Crippen LogP contribution >= 0.6 is 0 Å². The molecule has 1 aliphatic heterocycles. The van der Waals surface area contributed by atoms with Crippen LogP contribution < -0.4 is 0 Å². The van der Waals surface area contributed by atoms with Crippen molar-refractivity contribution in [3.8, 4) is 0 Å². The number of morpholine rings is 1. The van der Waals surface area contributed by atoms with Gasteiger partial charge in [0.15, 0.2) is 0 Å². The Morgan fingerprint density at radius 1 is 1.26 bits per heavy atom. The third kappa shape index (κ3) is 6.47. The molecule has 1 heterocycles. The second kappa shape index (κ2) is 9.23. The molecular formula is C17H30N2O4. The molecule has 0 aromatic rings. The zero-order valence-corrected chi connectivity index (χ0v) is 14.2. The predicted octanol–water partition coefficient (Wildman–Crippen LogP) is 1.59. The molecule has 2 rings (SSSR count). The molecule has 1 atom stereocenters. The van der Waals surface area contributed by atoms with E-state index in [1.165, 1.54) is 32.1 Å². The number of carbonyl (C=O) groups excluding carboxylic acids is 1. The van der Waals surface area contributed by atoms with E-state index in [-0.39, 0.29) is 18.6 Å². The number of rotatable bonds is 7. The van der Waals surface area contributed by atoms with Crippen LogP contribution in [0.25, 0.3) is 0 Å². The van der Waals surface area contributed by atoms with E-state index in [0.717, 1.165) is 12.3 Å². The van der Waals surface area contributed by atoms with Crippen molar-refractivity contribution in [2.75, 3.05) is 39.8 Å². The maximum absolute atomic E-state index is 12.4. The SMILES string of the molecule is CN(CC(=O)O)CC1CN(C(=O)CCC2CCCCC2)CCO1. The van der Waals surface area contributed by atoms with Crippen LogP contribution in [0.2, 0.25) is 0 Å². The molecule has 0 radical (unpaired) electrons. The summed E-state index contributed by atoms with van der Waals surface area (Å²) in [6.07, 6.45) is 8.09. The number of amides is 1. The summed E-state index contributed by atoms with van der Waals surface area (Å²) < 4.78 is 5.68. The lowest BCUT2D eigenvalue weighted by Crippen LogP contribution is -2.49. The minimum absolute atomic E-state index is 0.00448. The molecule has 0 aromatic heterocycles. The Bertz CT molecular complexity index is 396. The van der Waals surface area contributed by atoms with Gasteiger partial charge in [0, 0.05) is 26.1 Å². The zero-order valence-electron chi connectivity index (χ0n) is 14.2. The van der Waals surface area contributed by atoms with E-state index in [4.69, 9.17) is 9.84 Å². The minimum atomic E-state index is -0.844. The van der Waals surface area contributed by atoms with Crippen molar-refractivity contribution in [3.05, 3.63) is 0 Å². The number of likely N-dealkylation sites (N-methyl/N-ethyl adjacent to an activating group) is 1. The summed E-state index contributed by atoms with van der Waals surface area (Å²) in [5.74, 6) is 0.111. The molecular weight excluding hydrogens is 296 g/mol. The van der Waals surface area contributed by atoms with Crippen molar-refractivity contribution in [1.29, 1.82) is 0 Å². The van der Waals surface area contributed by atoms with Crippen LogP contribution in [-0.2, 0) is 14.3 Å². The first kappa shape index (κ1) is 18.2. The second-order valence-corrected chi connectivity index (χ2v) is 6.97. The summed E-state index contributed by atoms with van der Waals surface area (Å²) in [5.41, 5.74) is 0. The number of ether oxygens (including phenoxy) is 1. The molecule has 1 saturated carbocycles. The highest BCUT2D eigenvalue weighted by Gasteiger charge is 2.26. The van der Waals surface area contributed by atoms with Gasteiger partial charge in [-0.1, -0.05) is 32.1 Å². The molecule has 2 aliphatic rings. The largest absolute Gasteiger partial charge is 0.480 e. The third-order valence-corrected chi connectivity index (χ3v) is 4.90. The third-order valence-electron chi connectivity index (χ3n) is 4.90. The molecule has 23 heavy (non-hydrogen) atoms. The van der Waals surface area contributed by atoms with Crippen molar-refractivity contribution >= 4 is 11.9 Å². The average Bonchev–Trinajstić information content (AvgIpc) is 2.53. The maximum atomic E-state index is 12.4. The highest BCUT2D eigenvalue weighted by Crippen LogP contribution is 2.27. The van der Waals surface area contributed by atoms with E-state index in [0.29, 0.717) is 32.7 Å². The van der Waals surface area contributed by atoms with Crippen LogP contribution in [0.5, 0.6) is 0 Å². The van der Waals surface area contributed by atoms with Gasteiger partial charge in [-0.15, -0.1) is 0 Å². The summed E-state index contributed by atoms with van der Waals surface area (Å²) in [7, 11) is 1.77. The molecule has 132 valence electrons. The summed E-state index contributed by atoms with van der Waals surface area (Å²) >= 11 is 0. The fraction of sp³-hybridized carbons (Fsp3) is 0.882. The Hall–Kier alpha value is -1.14. The molecule has 1 amide bonds. The molecule has 0 spiro atoms. The topological polar surface area (TPSA) is 70.1 Å². The Morgan fingerprint density at radius 2 is 2.00 bits per heavy atom. The van der Waals surface area contributed by atoms with Crippen LogP contribution in [0, 0.1) is 5.92 Å². The fourth-order valence-corrected chi connectivity index (χ4v) is 3.66. The predicted molar refractivity (Wildman–Crippen MR) is 87.3 cm³/mol. The van der Waals surface area contributed by atoms with E-state index in [1.807, 2.05) is 4.90 Å². The molecule has 6 nitrogen and oxygen atoms in total. The van der Waals surface area contributed by atoms with Crippen LogP contribution in [0.1, 0.15) is 44.9 Å². The molecule has 1 N–H and O–H groups in total. The van der Waals surface area contributed by atoms with Crippen molar-refractivity contribution in [2.45, 2.75) is 51.0 Å². The van der Waals surface area contributed by atoms with Gasteiger partial charge in [-0.25, -0.2) is 0 Å². The Kier molecular flexibility index (Phi) is 7.30. The lowest BCUT2D eigenvalue weighted by Gasteiger charge is -2.35. The molecule has 2 fully saturated rings. The Labute approximate surface area is 138 Å². The standard InChI is InChI=1S/C17H30N2O4/c1-18(13-17(21)22)11-15-12-19(9-10-23-15)16(20)8-7-14-5-3-2-4-6-14/h14-15H,2-13H2,1H3,(H,21,22). The van der Waals surface area contributed by atoms with Crippen molar-refractivity contribution in [1.82, 2.24) is 9.80 Å². The van der Waals surface area contributed by atoms with E-state index in [2.05, 4.69) is 0 Å². The van der Waals surface area contributed by atoms with Crippen LogP contribution in [0.15, 0.2) is 0 Å². The van der Waals surface area contributed by atoms with E-state index in [1.54, 1.807) is 11.9 Å². The van der Waals surface area contributed by atoms with Crippen LogP contribution in [0.3, 0.4) is 0 Å². The van der Waals surface area contributed by atoms with Gasteiger partial charge in [0.25, 0.3) is 0 Å². The van der Waals surface area contributed by atoms with Gasteiger partial charge in [0.2, 0.25) is 5.91 Å². The lowest BCUT2D eigenvalue weighted by molar-refractivity contribution is -0.142. The van der Waals surface area contributed by atoms with Gasteiger partial charge in [0.05, 0.1) is 19.3 Å². The van der Waals surface area contributed by atoms with Gasteiger partial charge in [-0.3, -0.25) is 14.5 Å². The number of nitrogens with zero attached hydrogens (tertiary/aromatic N) is 2. The number of carbonyl (C=O) groups is 2. The highest BCUT2D eigenvalue weighted by molar-refractivity contribution is 5.76. The lowest BCUT2D eigenvalue weighted by atomic mass is 9.86. The first-order valence-electron chi connectivity index (χ1n) is 8.84. The van der Waals surface area contributed by atoms with Crippen molar-refractivity contribution < 1.29 is 19.4 Å². The number of hydrogen-bond donors (Lipinski definition) is 1. The van der Waals surface area contributed by atoms with Gasteiger partial charge >= 0.3 is 5.97 Å². The minimum Gasteiger partial charge on any atom is -0.480 e. The summed E-state index contributed by atoms with van der Waals surface area (Å²) in [6.45, 7) is 2.31. The molecule has 1 unspecified atom stereocenters. The number of aliphatic carboxylic acids is 1. The maximum Gasteiger partial charge on any atom is 0.317 e. The number of carboxylic acids is 1. The molecule has 1 aliphatic carbocycles. The second-order valence-electron chi connectivity index (χ2n) is 6.97. The number of carboxylic acid groups (broad SMARTS) is 1. The Balaban J connectivity index is 1.71. The monoisotopic (exact) mass is 326 g/mol. The van der Waals surface area contributed by atoms with Gasteiger partial charge in [-0.2, -0.15) is 0 Å². The highest BCUT2D eigenvalue weighted by atomic mass is 16.5. The van der Waals surface area contributed by atoms with Crippen molar-refractivity contribution in [2.24, 2.45) is 5.92 Å². The average molecular weight is 326 g/mol. The molecule has 6 heteroatoms. The van der Waals surface area contributed by atoms with E-state index >= 15 is 0 Å². The molecule has 1 saturated heterocycles. The summed E-state index contributed by atoms with van der Waals surface area (Å²) in [6, 6.07) is 0. The quantitative estimate of drug-likeness (QED) is 0.769. The van der Waals surface area contributed by atoms with Gasteiger partial charge in [0.1, 0.15) is 0 Å². The van der Waals surface area contributed by atoms with Gasteiger partial charge < -0.3 is 14.7 Å². The number of hydrogen-bond acceptors (Lipinski definition) is 4. The van der Waals surface area contributed by atoms with E-state index in [9.17, 15) is 9.59 Å². The Morgan fingerprint density at radius 3 is 2.70 bits per heavy atom. The van der Waals surface area contributed by atoms with Crippen molar-refractivity contribution in [3.63, 3.8) is 0 Å². The van der Waals surface area contributed by atoms with Crippen LogP contribution in [0.4, 0.5) is 0 Å². The molecule has 0 bridgehead atoms. The first-order valence-corrected chi connectivity index (χ1v) is 8.84. The zero-order chi connectivity index (χ0) is 16.7. The normalized spacial score (nSPS) is 23.2. The molecule has 0 aromatic carbocycles. The summed E-state index contributed by atoms with van der Waals surface area (Å²) in [5, 5.41) is 8.80. The van der Waals surface area contributed by atoms with Gasteiger partial charge in [-0.05, 0) is 19.4 Å². The first-order chi connectivity index (χ1) is 11.0. The van der Waals surface area contributed by atoms with E-state index < -0.39 is 5.97 Å². The fourth-order valence-electron chi connectivity index (χ4n) is 3.66.